The average molecular weight is 442 g/mol. The number of rotatable bonds is 6. The van der Waals surface area contributed by atoms with Crippen LogP contribution in [0.1, 0.15) is 5.56 Å². The summed E-state index contributed by atoms with van der Waals surface area (Å²) in [5.74, 6) is 0.0863. The number of hydrogen-bond donors (Lipinski definition) is 1. The van der Waals surface area contributed by atoms with Crippen molar-refractivity contribution in [1.29, 1.82) is 0 Å². The molecule has 0 aromatic heterocycles. The van der Waals surface area contributed by atoms with Crippen molar-refractivity contribution in [2.75, 3.05) is 21.3 Å². The number of carbonyl (C=O) groups is 1. The van der Waals surface area contributed by atoms with Gasteiger partial charge >= 0.3 is 5.97 Å². The molecular weight excluding hydrogens is 424 g/mol. The number of ether oxygens (including phenoxy) is 3. The summed E-state index contributed by atoms with van der Waals surface area (Å²) >= 11 is 1.06. The Morgan fingerprint density at radius 3 is 2.42 bits per heavy atom. The number of benzene rings is 2. The van der Waals surface area contributed by atoms with Gasteiger partial charge in [0.25, 0.3) is 5.69 Å². The molecule has 0 spiro atoms. The zero-order valence-corrected chi connectivity index (χ0v) is 17.6. The number of aliphatic hydroxyl groups excluding tert-OH is 1. The normalized spacial score (nSPS) is 16.0. The first-order chi connectivity index (χ1) is 14.9. The molecule has 0 amide bonds. The lowest BCUT2D eigenvalue weighted by atomic mass is 10.1. The molecule has 2 aromatic rings. The Hall–Kier alpha value is -3.79. The molecule has 31 heavy (non-hydrogen) atoms. The third-order valence-electron chi connectivity index (χ3n) is 4.29. The van der Waals surface area contributed by atoms with Crippen LogP contribution in [0.25, 0.3) is 6.08 Å². The molecule has 1 N–H and O–H groups in total. The van der Waals surface area contributed by atoms with Gasteiger partial charge in [-0.1, -0.05) is 11.8 Å². The predicted molar refractivity (Wildman–Crippen MR) is 117 cm³/mol. The summed E-state index contributed by atoms with van der Waals surface area (Å²) in [7, 11) is 4.25. The summed E-state index contributed by atoms with van der Waals surface area (Å²) < 4.78 is 15.4. The Morgan fingerprint density at radius 2 is 1.84 bits per heavy atom. The number of hydrogen-bond acceptors (Lipinski definition) is 9. The largest absolute Gasteiger partial charge is 0.506 e. The monoisotopic (exact) mass is 442 g/mol. The zero-order chi connectivity index (χ0) is 22.5. The van der Waals surface area contributed by atoms with Gasteiger partial charge < -0.3 is 19.3 Å². The van der Waals surface area contributed by atoms with Gasteiger partial charge in [0.05, 0.1) is 36.8 Å². The van der Waals surface area contributed by atoms with Crippen molar-refractivity contribution in [1.82, 2.24) is 0 Å². The second-order valence-electron chi connectivity index (χ2n) is 6.12. The maximum absolute atomic E-state index is 12.3. The highest BCUT2D eigenvalue weighted by Crippen LogP contribution is 2.41. The highest BCUT2D eigenvalue weighted by molar-refractivity contribution is 8.18. The lowest BCUT2D eigenvalue weighted by molar-refractivity contribution is -0.384. The molecule has 0 bridgehead atoms. The van der Waals surface area contributed by atoms with Gasteiger partial charge in [0, 0.05) is 17.7 Å². The van der Waals surface area contributed by atoms with E-state index in [-0.39, 0.29) is 22.1 Å². The molecular formula is C21H18N2O7S. The van der Waals surface area contributed by atoms with E-state index in [4.69, 9.17) is 14.2 Å². The van der Waals surface area contributed by atoms with Gasteiger partial charge in [0.1, 0.15) is 27.9 Å². The van der Waals surface area contributed by atoms with Crippen molar-refractivity contribution in [3.8, 4) is 11.5 Å². The summed E-state index contributed by atoms with van der Waals surface area (Å²) in [6, 6.07) is 10.7. The Bertz CT molecular complexity index is 1120. The molecule has 160 valence electrons. The minimum Gasteiger partial charge on any atom is -0.506 e. The van der Waals surface area contributed by atoms with Gasteiger partial charge in [-0.05, 0) is 36.4 Å². The van der Waals surface area contributed by atoms with Crippen LogP contribution in [0.15, 0.2) is 63.7 Å². The van der Waals surface area contributed by atoms with Gasteiger partial charge in [0.2, 0.25) is 0 Å². The van der Waals surface area contributed by atoms with Gasteiger partial charge in [-0.2, -0.15) is 0 Å². The molecule has 0 aliphatic carbocycles. The van der Waals surface area contributed by atoms with Crippen LogP contribution in [0.4, 0.5) is 11.4 Å². The molecule has 2 aromatic carbocycles. The fourth-order valence-corrected chi connectivity index (χ4v) is 3.78. The van der Waals surface area contributed by atoms with E-state index in [9.17, 15) is 20.0 Å². The Labute approximate surface area is 181 Å². The van der Waals surface area contributed by atoms with Crippen molar-refractivity contribution in [3.63, 3.8) is 0 Å². The summed E-state index contributed by atoms with van der Waals surface area (Å²) in [5.41, 5.74) is 0.818. The average Bonchev–Trinajstić information content (AvgIpc) is 3.07. The maximum atomic E-state index is 12.3. The first-order valence-corrected chi connectivity index (χ1v) is 9.66. The standard InChI is InChI=1S/C21H18N2O7S/c1-28-15-8-9-16(29-2)12(10-15)11-17-19(24)18(21(25)30-3)20(31-17)22-13-4-6-14(7-5-13)23(26)27/h4-11,24H,1-3H3/b17-11+,22-20?. The van der Waals surface area contributed by atoms with Crippen LogP contribution in [-0.2, 0) is 9.53 Å². The van der Waals surface area contributed by atoms with Crippen molar-refractivity contribution < 1.29 is 29.0 Å². The smallest absolute Gasteiger partial charge is 0.344 e. The van der Waals surface area contributed by atoms with Gasteiger partial charge in [-0.3, -0.25) is 10.1 Å². The summed E-state index contributed by atoms with van der Waals surface area (Å²) in [6.07, 6.45) is 1.64. The molecule has 3 rings (SSSR count). The van der Waals surface area contributed by atoms with Crippen LogP contribution >= 0.6 is 11.8 Å². The highest BCUT2D eigenvalue weighted by atomic mass is 32.2. The second kappa shape index (κ2) is 9.35. The van der Waals surface area contributed by atoms with Crippen LogP contribution in [0.3, 0.4) is 0 Å². The number of esters is 1. The minimum atomic E-state index is -0.758. The summed E-state index contributed by atoms with van der Waals surface area (Å²) in [4.78, 5) is 27.3. The molecule has 1 aliphatic rings. The Kier molecular flexibility index (Phi) is 6.61. The number of aliphatic imine (C=N–C) groups is 1. The summed E-state index contributed by atoms with van der Waals surface area (Å²) in [6.45, 7) is 0. The van der Waals surface area contributed by atoms with E-state index < -0.39 is 10.9 Å². The molecule has 0 saturated carbocycles. The van der Waals surface area contributed by atoms with Crippen LogP contribution in [0, 0.1) is 10.1 Å². The molecule has 0 radical (unpaired) electrons. The van der Waals surface area contributed by atoms with Crippen LogP contribution < -0.4 is 9.47 Å². The SMILES string of the molecule is COC(=O)C1=C(O)/C(=C\c2cc(OC)ccc2OC)SC1=Nc1ccc([N+](=O)[O-])cc1. The molecule has 10 heteroatoms. The highest BCUT2D eigenvalue weighted by Gasteiger charge is 2.33. The first-order valence-electron chi connectivity index (χ1n) is 8.85. The molecule has 1 aliphatic heterocycles. The molecule has 0 saturated heterocycles. The van der Waals surface area contributed by atoms with Crippen molar-refractivity contribution in [3.05, 3.63) is 74.4 Å². The first kappa shape index (κ1) is 21.9. The number of thioether (sulfide) groups is 1. The van der Waals surface area contributed by atoms with E-state index in [1.807, 2.05) is 0 Å². The number of nitrogens with zero attached hydrogens (tertiary/aromatic N) is 2. The summed E-state index contributed by atoms with van der Waals surface area (Å²) in [5, 5.41) is 21.7. The molecule has 0 atom stereocenters. The third kappa shape index (κ3) is 4.69. The quantitative estimate of drug-likeness (QED) is 0.397. The number of aliphatic hydroxyl groups is 1. The molecule has 1 heterocycles. The fourth-order valence-electron chi connectivity index (χ4n) is 2.75. The van der Waals surface area contributed by atoms with E-state index in [1.54, 1.807) is 24.3 Å². The third-order valence-corrected chi connectivity index (χ3v) is 5.31. The van der Waals surface area contributed by atoms with Gasteiger partial charge in [-0.15, -0.1) is 0 Å². The van der Waals surface area contributed by atoms with Gasteiger partial charge in [-0.25, -0.2) is 9.79 Å². The van der Waals surface area contributed by atoms with Gasteiger partial charge in [0.15, 0.2) is 0 Å². The number of methoxy groups -OCH3 is 3. The Morgan fingerprint density at radius 1 is 1.13 bits per heavy atom. The van der Waals surface area contributed by atoms with E-state index in [2.05, 4.69) is 4.99 Å². The number of nitro benzene ring substituents is 1. The maximum Gasteiger partial charge on any atom is 0.344 e. The van der Waals surface area contributed by atoms with Crippen LogP contribution in [0.5, 0.6) is 11.5 Å². The van der Waals surface area contributed by atoms with Crippen molar-refractivity contribution in [2.45, 2.75) is 0 Å². The number of carbonyl (C=O) groups excluding carboxylic acids is 1. The molecule has 0 unspecified atom stereocenters. The fraction of sp³-hybridized carbons (Fsp3) is 0.143. The lowest BCUT2D eigenvalue weighted by Crippen LogP contribution is -2.10. The Balaban J connectivity index is 2.06. The van der Waals surface area contributed by atoms with Crippen LogP contribution in [-0.4, -0.2) is 42.4 Å². The van der Waals surface area contributed by atoms with E-state index in [1.165, 1.54) is 45.6 Å². The van der Waals surface area contributed by atoms with E-state index in [0.29, 0.717) is 27.7 Å². The lowest BCUT2D eigenvalue weighted by Gasteiger charge is -2.08. The van der Waals surface area contributed by atoms with Crippen molar-refractivity contribution >= 4 is 40.2 Å². The molecule has 9 nitrogen and oxygen atoms in total. The second-order valence-corrected chi connectivity index (χ2v) is 7.15. The topological polar surface area (TPSA) is 120 Å². The zero-order valence-electron chi connectivity index (χ0n) is 16.8. The van der Waals surface area contributed by atoms with Crippen molar-refractivity contribution in [2.24, 2.45) is 4.99 Å². The van der Waals surface area contributed by atoms with Crippen LogP contribution in [0.2, 0.25) is 0 Å². The molecule has 0 fully saturated rings. The van der Waals surface area contributed by atoms with E-state index in [0.717, 1.165) is 11.8 Å². The minimum absolute atomic E-state index is 0.0830. The number of non-ortho nitro benzene ring substituents is 1. The predicted octanol–water partition coefficient (Wildman–Crippen LogP) is 4.42. The van der Waals surface area contributed by atoms with E-state index >= 15 is 0 Å². The number of nitro groups is 1.